The Kier molecular flexibility index (Phi) is 5.50. The van der Waals surface area contributed by atoms with E-state index in [2.05, 4.69) is 5.16 Å². The summed E-state index contributed by atoms with van der Waals surface area (Å²) in [5.41, 5.74) is 1.09. The van der Waals surface area contributed by atoms with Crippen molar-refractivity contribution in [1.82, 2.24) is 0 Å². The van der Waals surface area contributed by atoms with E-state index in [4.69, 9.17) is 9.57 Å². The zero-order chi connectivity index (χ0) is 15.2. The molecule has 108 valence electrons. The Morgan fingerprint density at radius 2 is 1.80 bits per heavy atom. The number of carbonyl (C=O) groups is 1. The van der Waals surface area contributed by atoms with Gasteiger partial charge in [0, 0.05) is 0 Å². The number of rotatable bonds is 4. The molecule has 0 aliphatic carbocycles. The van der Waals surface area contributed by atoms with Gasteiger partial charge in [0.2, 0.25) is 0 Å². The quantitative estimate of drug-likeness (QED) is 0.478. The van der Waals surface area contributed by atoms with Crippen LogP contribution in [0.3, 0.4) is 0 Å². The molecule has 0 unspecified atom stereocenters. The van der Waals surface area contributed by atoms with Crippen LogP contribution in [0.25, 0.3) is 6.08 Å². The predicted molar refractivity (Wildman–Crippen MR) is 80.7 cm³/mol. The van der Waals surface area contributed by atoms with Crippen LogP contribution in [0.5, 0.6) is 5.75 Å². The van der Waals surface area contributed by atoms with E-state index in [1.165, 1.54) is 0 Å². The number of ether oxygens (including phenoxy) is 1. The van der Waals surface area contributed by atoms with Gasteiger partial charge in [-0.3, -0.25) is 0 Å². The van der Waals surface area contributed by atoms with Crippen molar-refractivity contribution in [2.75, 3.05) is 7.11 Å². The SMILES string of the molecule is COc1ccc(/C=C/C(C)=N/OC(=O)C(C)(C)C)cc1. The van der Waals surface area contributed by atoms with E-state index >= 15 is 0 Å². The monoisotopic (exact) mass is 275 g/mol. The zero-order valence-corrected chi connectivity index (χ0v) is 12.6. The third-order valence-electron chi connectivity index (χ3n) is 2.52. The molecule has 4 nitrogen and oxygen atoms in total. The van der Waals surface area contributed by atoms with Crippen LogP contribution >= 0.6 is 0 Å². The molecule has 0 fully saturated rings. The van der Waals surface area contributed by atoms with Crippen molar-refractivity contribution in [3.05, 3.63) is 35.9 Å². The largest absolute Gasteiger partial charge is 0.497 e. The molecule has 0 amide bonds. The van der Waals surface area contributed by atoms with Gasteiger partial charge in [-0.2, -0.15) is 0 Å². The summed E-state index contributed by atoms with van der Waals surface area (Å²) in [7, 11) is 1.63. The minimum Gasteiger partial charge on any atom is -0.497 e. The molecule has 0 N–H and O–H groups in total. The van der Waals surface area contributed by atoms with E-state index in [-0.39, 0.29) is 5.97 Å². The fourth-order valence-corrected chi connectivity index (χ4v) is 1.21. The first-order chi connectivity index (χ1) is 9.32. The van der Waals surface area contributed by atoms with Crippen molar-refractivity contribution in [3.8, 4) is 5.75 Å². The summed E-state index contributed by atoms with van der Waals surface area (Å²) in [4.78, 5) is 16.4. The fourth-order valence-electron chi connectivity index (χ4n) is 1.21. The Morgan fingerprint density at radius 1 is 1.20 bits per heavy atom. The summed E-state index contributed by atoms with van der Waals surface area (Å²) in [5.74, 6) is 0.460. The molecule has 0 saturated heterocycles. The Balaban J connectivity index is 2.62. The summed E-state index contributed by atoms with van der Waals surface area (Å²) in [6.45, 7) is 7.13. The first kappa shape index (κ1) is 16.0. The molecule has 0 aromatic heterocycles. The maximum Gasteiger partial charge on any atom is 0.340 e. The van der Waals surface area contributed by atoms with Crippen molar-refractivity contribution in [2.45, 2.75) is 27.7 Å². The number of carbonyl (C=O) groups excluding carboxylic acids is 1. The Labute approximate surface area is 120 Å². The highest BCUT2D eigenvalue weighted by Gasteiger charge is 2.23. The van der Waals surface area contributed by atoms with Gasteiger partial charge in [0.1, 0.15) is 5.75 Å². The smallest absolute Gasteiger partial charge is 0.340 e. The highest BCUT2D eigenvalue weighted by molar-refractivity contribution is 5.96. The van der Waals surface area contributed by atoms with E-state index in [1.807, 2.05) is 30.3 Å². The summed E-state index contributed by atoms with van der Waals surface area (Å²) in [6, 6.07) is 7.63. The molecule has 20 heavy (non-hydrogen) atoms. The number of allylic oxidation sites excluding steroid dienone is 1. The van der Waals surface area contributed by atoms with Gasteiger partial charge in [-0.1, -0.05) is 23.4 Å². The molecule has 0 heterocycles. The van der Waals surface area contributed by atoms with Gasteiger partial charge in [-0.25, -0.2) is 4.79 Å². The minimum atomic E-state index is -0.552. The second-order valence-electron chi connectivity index (χ2n) is 5.47. The number of nitrogens with zero attached hydrogens (tertiary/aromatic N) is 1. The van der Waals surface area contributed by atoms with E-state index in [1.54, 1.807) is 40.9 Å². The van der Waals surface area contributed by atoms with Crippen molar-refractivity contribution >= 4 is 17.8 Å². The van der Waals surface area contributed by atoms with Crippen molar-refractivity contribution in [3.63, 3.8) is 0 Å². The predicted octanol–water partition coefficient (Wildman–Crippen LogP) is 3.67. The maximum absolute atomic E-state index is 11.5. The number of oxime groups is 1. The second kappa shape index (κ2) is 6.89. The fraction of sp³-hybridized carbons (Fsp3) is 0.375. The average molecular weight is 275 g/mol. The molecule has 0 aliphatic heterocycles. The van der Waals surface area contributed by atoms with E-state index in [0.717, 1.165) is 11.3 Å². The van der Waals surface area contributed by atoms with Gasteiger partial charge >= 0.3 is 5.97 Å². The first-order valence-electron chi connectivity index (χ1n) is 6.41. The number of hydrogen-bond acceptors (Lipinski definition) is 4. The normalized spacial score (nSPS) is 12.6. The lowest BCUT2D eigenvalue weighted by atomic mass is 9.98. The van der Waals surface area contributed by atoms with Crippen LogP contribution in [0.4, 0.5) is 0 Å². The lowest BCUT2D eigenvalue weighted by Gasteiger charge is -2.12. The standard InChI is InChI=1S/C16H21NO3/c1-12(17-20-15(18)16(2,3)4)6-7-13-8-10-14(19-5)11-9-13/h6-11H,1-5H3/b7-6+,17-12+. The summed E-state index contributed by atoms with van der Waals surface area (Å²) in [5, 5.41) is 3.79. The van der Waals surface area contributed by atoms with Crippen LogP contribution in [0, 0.1) is 5.41 Å². The number of methoxy groups -OCH3 is 1. The van der Waals surface area contributed by atoms with Crippen LogP contribution in [0.15, 0.2) is 35.5 Å². The molecule has 1 aromatic carbocycles. The molecule has 0 bridgehead atoms. The molecule has 0 atom stereocenters. The van der Waals surface area contributed by atoms with E-state index in [0.29, 0.717) is 5.71 Å². The third kappa shape index (κ3) is 5.26. The van der Waals surface area contributed by atoms with Crippen molar-refractivity contribution < 1.29 is 14.4 Å². The van der Waals surface area contributed by atoms with Gasteiger partial charge in [-0.15, -0.1) is 0 Å². The number of hydrogen-bond donors (Lipinski definition) is 0. The van der Waals surface area contributed by atoms with Gasteiger partial charge in [0.05, 0.1) is 18.2 Å². The minimum absolute atomic E-state index is 0.352. The van der Waals surface area contributed by atoms with Crippen LogP contribution < -0.4 is 4.74 Å². The van der Waals surface area contributed by atoms with E-state index < -0.39 is 5.41 Å². The van der Waals surface area contributed by atoms with Crippen LogP contribution in [-0.2, 0) is 9.63 Å². The Bertz CT molecular complexity index is 508. The summed E-state index contributed by atoms with van der Waals surface area (Å²) in [6.07, 6.45) is 3.68. The molecule has 0 radical (unpaired) electrons. The second-order valence-corrected chi connectivity index (χ2v) is 5.47. The number of benzene rings is 1. The van der Waals surface area contributed by atoms with Gasteiger partial charge in [-0.05, 0) is 51.5 Å². The van der Waals surface area contributed by atoms with Gasteiger partial charge < -0.3 is 9.57 Å². The molecule has 0 spiro atoms. The molecular formula is C16H21NO3. The van der Waals surface area contributed by atoms with Crippen molar-refractivity contribution in [2.24, 2.45) is 10.6 Å². The summed E-state index contributed by atoms with van der Waals surface area (Å²) < 4.78 is 5.09. The molecule has 0 saturated carbocycles. The maximum atomic E-state index is 11.5. The van der Waals surface area contributed by atoms with Crippen molar-refractivity contribution in [1.29, 1.82) is 0 Å². The molecule has 1 rings (SSSR count). The molecular weight excluding hydrogens is 254 g/mol. The molecule has 1 aromatic rings. The van der Waals surface area contributed by atoms with Crippen LogP contribution in [0.2, 0.25) is 0 Å². The van der Waals surface area contributed by atoms with Gasteiger partial charge in [0.25, 0.3) is 0 Å². The molecule has 0 aliphatic rings. The Hall–Kier alpha value is -2.10. The molecule has 4 heteroatoms. The average Bonchev–Trinajstić information content (AvgIpc) is 2.41. The Morgan fingerprint density at radius 3 is 2.30 bits per heavy atom. The third-order valence-corrected chi connectivity index (χ3v) is 2.52. The highest BCUT2D eigenvalue weighted by atomic mass is 16.7. The lowest BCUT2D eigenvalue weighted by molar-refractivity contribution is -0.152. The van der Waals surface area contributed by atoms with Crippen LogP contribution in [-0.4, -0.2) is 18.8 Å². The van der Waals surface area contributed by atoms with Gasteiger partial charge in [0.15, 0.2) is 0 Å². The van der Waals surface area contributed by atoms with E-state index in [9.17, 15) is 4.79 Å². The first-order valence-corrected chi connectivity index (χ1v) is 6.41. The topological polar surface area (TPSA) is 47.9 Å². The summed E-state index contributed by atoms with van der Waals surface area (Å²) >= 11 is 0. The lowest BCUT2D eigenvalue weighted by Crippen LogP contribution is -2.21. The zero-order valence-electron chi connectivity index (χ0n) is 12.6. The highest BCUT2D eigenvalue weighted by Crippen LogP contribution is 2.15. The van der Waals surface area contributed by atoms with Crippen LogP contribution in [0.1, 0.15) is 33.3 Å².